The molecule has 1 aliphatic rings. The van der Waals surface area contributed by atoms with Crippen LogP contribution in [0.15, 0.2) is 18.2 Å². The van der Waals surface area contributed by atoms with Gasteiger partial charge in [-0.15, -0.1) is 0 Å². The molecule has 0 spiro atoms. The Balaban J connectivity index is 1.89. The van der Waals surface area contributed by atoms with Crippen molar-refractivity contribution in [2.24, 2.45) is 5.92 Å². The highest BCUT2D eigenvalue weighted by Gasteiger charge is 2.21. The molecule has 19 heavy (non-hydrogen) atoms. The zero-order valence-electron chi connectivity index (χ0n) is 12.1. The standard InChI is InChI=1S/C16H25NO2/c1-3-9-17-12-14-6-7-15(18-2)16(11-14)19-10-8-13-4-5-13/h6-7,11,13,17H,3-5,8-10,12H2,1-2H3. The summed E-state index contributed by atoms with van der Waals surface area (Å²) in [6, 6.07) is 6.18. The van der Waals surface area contributed by atoms with Crippen molar-refractivity contribution in [3.8, 4) is 11.5 Å². The number of benzene rings is 1. The van der Waals surface area contributed by atoms with Crippen LogP contribution in [-0.4, -0.2) is 20.3 Å². The van der Waals surface area contributed by atoms with Crippen LogP contribution in [0, 0.1) is 5.92 Å². The molecule has 0 unspecified atom stereocenters. The van der Waals surface area contributed by atoms with Crippen molar-refractivity contribution in [2.45, 2.75) is 39.2 Å². The minimum atomic E-state index is 0.798. The van der Waals surface area contributed by atoms with E-state index in [-0.39, 0.29) is 0 Å². The van der Waals surface area contributed by atoms with Crippen molar-refractivity contribution in [3.05, 3.63) is 23.8 Å². The zero-order valence-corrected chi connectivity index (χ0v) is 12.1. The predicted molar refractivity (Wildman–Crippen MR) is 77.8 cm³/mol. The van der Waals surface area contributed by atoms with Crippen LogP contribution in [0.2, 0.25) is 0 Å². The van der Waals surface area contributed by atoms with Crippen molar-refractivity contribution in [1.29, 1.82) is 0 Å². The van der Waals surface area contributed by atoms with Crippen molar-refractivity contribution >= 4 is 0 Å². The van der Waals surface area contributed by atoms with Gasteiger partial charge in [0, 0.05) is 6.54 Å². The second kappa shape index (κ2) is 7.39. The molecular weight excluding hydrogens is 238 g/mol. The van der Waals surface area contributed by atoms with Crippen LogP contribution >= 0.6 is 0 Å². The Morgan fingerprint density at radius 1 is 1.26 bits per heavy atom. The van der Waals surface area contributed by atoms with Gasteiger partial charge in [0.1, 0.15) is 0 Å². The molecule has 3 nitrogen and oxygen atoms in total. The van der Waals surface area contributed by atoms with Gasteiger partial charge in [-0.3, -0.25) is 0 Å². The predicted octanol–water partition coefficient (Wildman–Crippen LogP) is 3.37. The third-order valence-electron chi connectivity index (χ3n) is 3.46. The molecule has 0 aliphatic heterocycles. The lowest BCUT2D eigenvalue weighted by molar-refractivity contribution is 0.282. The van der Waals surface area contributed by atoms with Crippen LogP contribution in [-0.2, 0) is 6.54 Å². The van der Waals surface area contributed by atoms with Crippen LogP contribution in [0.4, 0.5) is 0 Å². The lowest BCUT2D eigenvalue weighted by Crippen LogP contribution is -2.13. The van der Waals surface area contributed by atoms with Crippen molar-refractivity contribution in [1.82, 2.24) is 5.32 Å². The Labute approximate surface area is 116 Å². The summed E-state index contributed by atoms with van der Waals surface area (Å²) in [5, 5.41) is 3.40. The molecule has 1 saturated carbocycles. The van der Waals surface area contributed by atoms with Gasteiger partial charge in [-0.05, 0) is 43.0 Å². The monoisotopic (exact) mass is 263 g/mol. The number of nitrogens with one attached hydrogen (secondary N) is 1. The van der Waals surface area contributed by atoms with E-state index in [1.165, 1.54) is 24.8 Å². The molecule has 2 rings (SSSR count). The normalized spacial score (nSPS) is 14.4. The number of methoxy groups -OCH3 is 1. The summed E-state index contributed by atoms with van der Waals surface area (Å²) >= 11 is 0. The summed E-state index contributed by atoms with van der Waals surface area (Å²) in [6.07, 6.45) is 5.07. The van der Waals surface area contributed by atoms with Gasteiger partial charge in [-0.25, -0.2) is 0 Å². The SMILES string of the molecule is CCCNCc1ccc(OC)c(OCCC2CC2)c1. The number of hydrogen-bond donors (Lipinski definition) is 1. The minimum absolute atomic E-state index is 0.798. The highest BCUT2D eigenvalue weighted by molar-refractivity contribution is 5.42. The zero-order chi connectivity index (χ0) is 13.5. The Morgan fingerprint density at radius 2 is 2.11 bits per heavy atom. The molecule has 0 aromatic heterocycles. The van der Waals surface area contributed by atoms with E-state index in [9.17, 15) is 0 Å². The molecule has 106 valence electrons. The topological polar surface area (TPSA) is 30.5 Å². The Morgan fingerprint density at radius 3 is 2.79 bits per heavy atom. The summed E-state index contributed by atoms with van der Waals surface area (Å²) in [5.74, 6) is 2.61. The molecule has 1 N–H and O–H groups in total. The van der Waals surface area contributed by atoms with E-state index in [4.69, 9.17) is 9.47 Å². The molecule has 0 bridgehead atoms. The number of hydrogen-bond acceptors (Lipinski definition) is 3. The van der Waals surface area contributed by atoms with E-state index in [1.54, 1.807) is 7.11 Å². The van der Waals surface area contributed by atoms with Gasteiger partial charge in [0.15, 0.2) is 11.5 Å². The number of rotatable bonds is 9. The molecular formula is C16H25NO2. The van der Waals surface area contributed by atoms with Gasteiger partial charge < -0.3 is 14.8 Å². The van der Waals surface area contributed by atoms with E-state index in [0.29, 0.717) is 0 Å². The van der Waals surface area contributed by atoms with E-state index < -0.39 is 0 Å². The molecule has 1 fully saturated rings. The van der Waals surface area contributed by atoms with E-state index in [1.807, 2.05) is 6.07 Å². The van der Waals surface area contributed by atoms with E-state index >= 15 is 0 Å². The van der Waals surface area contributed by atoms with Crippen molar-refractivity contribution in [2.75, 3.05) is 20.3 Å². The van der Waals surface area contributed by atoms with Crippen LogP contribution < -0.4 is 14.8 Å². The van der Waals surface area contributed by atoms with Gasteiger partial charge >= 0.3 is 0 Å². The van der Waals surface area contributed by atoms with Gasteiger partial charge in [0.05, 0.1) is 13.7 Å². The molecule has 0 radical (unpaired) electrons. The van der Waals surface area contributed by atoms with E-state index in [0.717, 1.165) is 43.5 Å². The fourth-order valence-electron chi connectivity index (χ4n) is 2.10. The summed E-state index contributed by atoms with van der Waals surface area (Å²) in [7, 11) is 1.69. The largest absolute Gasteiger partial charge is 0.493 e. The maximum absolute atomic E-state index is 5.87. The van der Waals surface area contributed by atoms with Gasteiger partial charge in [-0.1, -0.05) is 25.8 Å². The average Bonchev–Trinajstić information content (AvgIpc) is 3.24. The summed E-state index contributed by atoms with van der Waals surface area (Å²) in [5.41, 5.74) is 1.25. The Hall–Kier alpha value is -1.22. The second-order valence-corrected chi connectivity index (χ2v) is 5.24. The van der Waals surface area contributed by atoms with Crippen LogP contribution in [0.3, 0.4) is 0 Å². The summed E-state index contributed by atoms with van der Waals surface area (Å²) in [6.45, 7) is 4.90. The first kappa shape index (κ1) is 14.2. The Kier molecular flexibility index (Phi) is 5.52. The molecule has 0 amide bonds. The van der Waals surface area contributed by atoms with Gasteiger partial charge in [0.2, 0.25) is 0 Å². The minimum Gasteiger partial charge on any atom is -0.493 e. The number of ether oxygens (including phenoxy) is 2. The van der Waals surface area contributed by atoms with Crippen molar-refractivity contribution in [3.63, 3.8) is 0 Å². The first-order valence-corrected chi connectivity index (χ1v) is 7.34. The molecule has 3 heteroatoms. The fourth-order valence-corrected chi connectivity index (χ4v) is 2.10. The molecule has 1 aliphatic carbocycles. The van der Waals surface area contributed by atoms with Crippen molar-refractivity contribution < 1.29 is 9.47 Å². The lowest BCUT2D eigenvalue weighted by Gasteiger charge is -2.12. The molecule has 1 aromatic rings. The van der Waals surface area contributed by atoms with Crippen LogP contribution in [0.1, 0.15) is 38.2 Å². The highest BCUT2D eigenvalue weighted by Crippen LogP contribution is 2.33. The third kappa shape index (κ3) is 4.75. The fraction of sp³-hybridized carbons (Fsp3) is 0.625. The molecule has 0 saturated heterocycles. The molecule has 0 heterocycles. The maximum Gasteiger partial charge on any atom is 0.161 e. The lowest BCUT2D eigenvalue weighted by atomic mass is 10.2. The molecule has 1 aromatic carbocycles. The Bertz CT molecular complexity index is 388. The first-order valence-electron chi connectivity index (χ1n) is 7.34. The highest BCUT2D eigenvalue weighted by atomic mass is 16.5. The smallest absolute Gasteiger partial charge is 0.161 e. The van der Waals surface area contributed by atoms with Crippen LogP contribution in [0.25, 0.3) is 0 Å². The van der Waals surface area contributed by atoms with Gasteiger partial charge in [0.25, 0.3) is 0 Å². The summed E-state index contributed by atoms with van der Waals surface area (Å²) in [4.78, 5) is 0. The molecule has 0 atom stereocenters. The first-order chi connectivity index (χ1) is 9.33. The third-order valence-corrected chi connectivity index (χ3v) is 3.46. The average molecular weight is 263 g/mol. The summed E-state index contributed by atoms with van der Waals surface area (Å²) < 4.78 is 11.2. The van der Waals surface area contributed by atoms with Gasteiger partial charge in [-0.2, -0.15) is 0 Å². The second-order valence-electron chi connectivity index (χ2n) is 5.24. The maximum atomic E-state index is 5.87. The quantitative estimate of drug-likeness (QED) is 0.693. The van der Waals surface area contributed by atoms with Crippen LogP contribution in [0.5, 0.6) is 11.5 Å². The van der Waals surface area contributed by atoms with E-state index in [2.05, 4.69) is 24.4 Å².